The first-order chi connectivity index (χ1) is 14.1. The van der Waals surface area contributed by atoms with E-state index >= 15 is 0 Å². The van der Waals surface area contributed by atoms with Crippen LogP contribution in [-0.4, -0.2) is 26.6 Å². The minimum Gasteiger partial charge on any atom is -0.481 e. The maximum absolute atomic E-state index is 12.4. The summed E-state index contributed by atoms with van der Waals surface area (Å²) >= 11 is 5.86. The van der Waals surface area contributed by atoms with Crippen molar-refractivity contribution in [2.24, 2.45) is 0 Å². The van der Waals surface area contributed by atoms with Gasteiger partial charge in [-0.15, -0.1) is 10.2 Å². The zero-order valence-electron chi connectivity index (χ0n) is 15.7. The highest BCUT2D eigenvalue weighted by Crippen LogP contribution is 2.18. The Hall–Kier alpha value is -3.38. The van der Waals surface area contributed by atoms with Crippen molar-refractivity contribution in [3.63, 3.8) is 0 Å². The average molecular weight is 407 g/mol. The summed E-state index contributed by atoms with van der Waals surface area (Å²) in [5, 5.41) is 11.9. The Bertz CT molecular complexity index is 1120. The van der Waals surface area contributed by atoms with Gasteiger partial charge in [-0.05, 0) is 61.0 Å². The van der Waals surface area contributed by atoms with Gasteiger partial charge in [0.15, 0.2) is 11.8 Å². The molecule has 4 aromatic rings. The Morgan fingerprint density at radius 3 is 2.59 bits per heavy atom. The first-order valence-electron chi connectivity index (χ1n) is 9.19. The molecule has 146 valence electrons. The van der Waals surface area contributed by atoms with E-state index in [1.165, 1.54) is 0 Å². The van der Waals surface area contributed by atoms with Crippen LogP contribution in [0.25, 0.3) is 5.65 Å². The average Bonchev–Trinajstić information content (AvgIpc) is 3.14. The molecule has 0 aliphatic heterocycles. The van der Waals surface area contributed by atoms with E-state index in [9.17, 15) is 4.79 Å². The highest BCUT2D eigenvalue weighted by atomic mass is 35.5. The number of carbonyl (C=O) groups is 1. The van der Waals surface area contributed by atoms with E-state index in [4.69, 9.17) is 16.3 Å². The number of amides is 1. The van der Waals surface area contributed by atoms with Gasteiger partial charge in [-0.25, -0.2) is 0 Å². The van der Waals surface area contributed by atoms with Gasteiger partial charge in [0.1, 0.15) is 11.6 Å². The number of anilines is 1. The number of hydrogen-bond donors (Lipinski definition) is 1. The molecule has 4 rings (SSSR count). The lowest BCUT2D eigenvalue weighted by atomic mass is 10.1. The molecule has 0 saturated heterocycles. The second kappa shape index (κ2) is 8.32. The fourth-order valence-corrected chi connectivity index (χ4v) is 3.04. The van der Waals surface area contributed by atoms with Gasteiger partial charge in [0.25, 0.3) is 5.91 Å². The van der Waals surface area contributed by atoms with Gasteiger partial charge in [-0.2, -0.15) is 0 Å². The first kappa shape index (κ1) is 19.0. The molecule has 2 aromatic heterocycles. The van der Waals surface area contributed by atoms with E-state index in [1.807, 2.05) is 53.1 Å². The minimum absolute atomic E-state index is 0.226. The monoisotopic (exact) mass is 406 g/mol. The summed E-state index contributed by atoms with van der Waals surface area (Å²) in [6, 6.07) is 20.4. The zero-order chi connectivity index (χ0) is 20.2. The van der Waals surface area contributed by atoms with Crippen LogP contribution in [0.4, 0.5) is 5.69 Å². The topological polar surface area (TPSA) is 68.5 Å². The molecule has 1 unspecified atom stereocenters. The Labute approximate surface area is 173 Å². The van der Waals surface area contributed by atoms with Crippen molar-refractivity contribution in [1.82, 2.24) is 14.6 Å². The quantitative estimate of drug-likeness (QED) is 0.516. The van der Waals surface area contributed by atoms with Gasteiger partial charge >= 0.3 is 0 Å². The molecule has 0 bridgehead atoms. The Kier molecular flexibility index (Phi) is 5.44. The fourth-order valence-electron chi connectivity index (χ4n) is 2.91. The van der Waals surface area contributed by atoms with Gasteiger partial charge in [0, 0.05) is 23.3 Å². The van der Waals surface area contributed by atoms with Crippen LogP contribution in [0.1, 0.15) is 18.3 Å². The highest BCUT2D eigenvalue weighted by Gasteiger charge is 2.15. The molecule has 29 heavy (non-hydrogen) atoms. The van der Waals surface area contributed by atoms with Crippen molar-refractivity contribution < 1.29 is 9.53 Å². The van der Waals surface area contributed by atoms with Crippen LogP contribution >= 0.6 is 11.6 Å². The maximum atomic E-state index is 12.4. The number of rotatable bonds is 6. The van der Waals surface area contributed by atoms with Crippen LogP contribution in [0.3, 0.4) is 0 Å². The van der Waals surface area contributed by atoms with E-state index in [2.05, 4.69) is 15.5 Å². The molecule has 0 radical (unpaired) electrons. The number of hydrogen-bond acceptors (Lipinski definition) is 4. The third-order valence-corrected chi connectivity index (χ3v) is 4.72. The molecule has 6 nitrogen and oxygen atoms in total. The second-order valence-corrected chi connectivity index (χ2v) is 7.06. The van der Waals surface area contributed by atoms with Crippen molar-refractivity contribution >= 4 is 28.8 Å². The van der Waals surface area contributed by atoms with E-state index < -0.39 is 6.10 Å². The van der Waals surface area contributed by atoms with Crippen LogP contribution in [0.2, 0.25) is 5.02 Å². The fraction of sp³-hybridized carbons (Fsp3) is 0.136. The standard InChI is InChI=1S/C22H19ClN4O2/c1-15(29-19-11-7-17(23)8-12-19)22(28)24-18-9-5-16(6-10-18)14-21-26-25-20-4-2-3-13-27(20)21/h2-13,15H,14H2,1H3,(H,24,28). The summed E-state index contributed by atoms with van der Waals surface area (Å²) in [7, 11) is 0. The summed E-state index contributed by atoms with van der Waals surface area (Å²) in [4.78, 5) is 12.4. The number of ether oxygens (including phenoxy) is 1. The lowest BCUT2D eigenvalue weighted by molar-refractivity contribution is -0.122. The van der Waals surface area contributed by atoms with Crippen LogP contribution < -0.4 is 10.1 Å². The van der Waals surface area contributed by atoms with Gasteiger partial charge in [0.2, 0.25) is 0 Å². The number of benzene rings is 2. The lowest BCUT2D eigenvalue weighted by Crippen LogP contribution is -2.30. The van der Waals surface area contributed by atoms with Crippen molar-refractivity contribution in [1.29, 1.82) is 0 Å². The van der Waals surface area contributed by atoms with E-state index in [-0.39, 0.29) is 5.91 Å². The molecule has 7 heteroatoms. The summed E-state index contributed by atoms with van der Waals surface area (Å²) in [6.45, 7) is 1.70. The zero-order valence-corrected chi connectivity index (χ0v) is 16.5. The number of fused-ring (bicyclic) bond motifs is 1. The molecular formula is C22H19ClN4O2. The van der Waals surface area contributed by atoms with Crippen molar-refractivity contribution in [2.45, 2.75) is 19.4 Å². The third kappa shape index (κ3) is 4.55. The molecule has 1 amide bonds. The molecule has 0 saturated carbocycles. The molecule has 0 fully saturated rings. The van der Waals surface area contributed by atoms with E-state index in [0.717, 1.165) is 17.0 Å². The smallest absolute Gasteiger partial charge is 0.265 e. The van der Waals surface area contributed by atoms with Gasteiger partial charge < -0.3 is 10.1 Å². The number of carbonyl (C=O) groups excluding carboxylic acids is 1. The number of pyridine rings is 1. The summed E-state index contributed by atoms with van der Waals surface area (Å²) < 4.78 is 7.61. The molecule has 1 N–H and O–H groups in total. The number of halogens is 1. The van der Waals surface area contributed by atoms with Crippen LogP contribution in [0.15, 0.2) is 72.9 Å². The molecule has 1 atom stereocenters. The minimum atomic E-state index is -0.641. The number of aromatic nitrogens is 3. The summed E-state index contributed by atoms with van der Waals surface area (Å²) in [5.74, 6) is 1.23. The number of nitrogens with one attached hydrogen (secondary N) is 1. The molecule has 0 spiro atoms. The molecule has 0 aliphatic rings. The van der Waals surface area contributed by atoms with Crippen LogP contribution in [0.5, 0.6) is 5.75 Å². The van der Waals surface area contributed by atoms with E-state index in [0.29, 0.717) is 22.9 Å². The lowest BCUT2D eigenvalue weighted by Gasteiger charge is -2.15. The van der Waals surface area contributed by atoms with Crippen LogP contribution in [0, 0.1) is 0 Å². The predicted octanol–water partition coefficient (Wildman–Crippen LogP) is 4.38. The van der Waals surface area contributed by atoms with Gasteiger partial charge in [-0.1, -0.05) is 29.8 Å². The maximum Gasteiger partial charge on any atom is 0.265 e. The van der Waals surface area contributed by atoms with Crippen molar-refractivity contribution in [3.8, 4) is 5.75 Å². The summed E-state index contributed by atoms with van der Waals surface area (Å²) in [5.41, 5.74) is 2.60. The molecule has 2 aromatic carbocycles. The number of nitrogens with zero attached hydrogens (tertiary/aromatic N) is 3. The third-order valence-electron chi connectivity index (χ3n) is 4.46. The largest absolute Gasteiger partial charge is 0.481 e. The second-order valence-electron chi connectivity index (χ2n) is 6.62. The normalized spacial score (nSPS) is 11.9. The van der Waals surface area contributed by atoms with Gasteiger partial charge in [-0.3, -0.25) is 9.20 Å². The molecule has 0 aliphatic carbocycles. The predicted molar refractivity (Wildman–Crippen MR) is 112 cm³/mol. The SMILES string of the molecule is CC(Oc1ccc(Cl)cc1)C(=O)Nc1ccc(Cc2nnc3ccccn23)cc1. The highest BCUT2D eigenvalue weighted by molar-refractivity contribution is 6.30. The Morgan fingerprint density at radius 2 is 1.83 bits per heavy atom. The van der Waals surface area contributed by atoms with Gasteiger partial charge in [0.05, 0.1) is 0 Å². The van der Waals surface area contributed by atoms with Crippen molar-refractivity contribution in [2.75, 3.05) is 5.32 Å². The van der Waals surface area contributed by atoms with Crippen molar-refractivity contribution in [3.05, 3.63) is 89.3 Å². The van der Waals surface area contributed by atoms with E-state index in [1.54, 1.807) is 31.2 Å². The summed E-state index contributed by atoms with van der Waals surface area (Å²) in [6.07, 6.45) is 1.95. The first-order valence-corrected chi connectivity index (χ1v) is 9.57. The molecule has 2 heterocycles. The molecular weight excluding hydrogens is 388 g/mol. The van der Waals surface area contributed by atoms with Crippen LogP contribution in [-0.2, 0) is 11.2 Å². The Morgan fingerprint density at radius 1 is 1.07 bits per heavy atom. The Balaban J connectivity index is 1.37.